The molecule has 1 heterocycles. The number of carbonyl (C=O) groups is 1. The van der Waals surface area contributed by atoms with Gasteiger partial charge in [0.25, 0.3) is 0 Å². The third kappa shape index (κ3) is 1.92. The second kappa shape index (κ2) is 3.54. The standard InChI is InChI=1S/C11H20N2O/c1-9(7-12)8-13-5-4-11(2-3-11)6-10(13)14/h9H,2-8,12H2,1H3. The molecule has 1 aliphatic carbocycles. The van der Waals surface area contributed by atoms with E-state index in [1.54, 1.807) is 0 Å². The zero-order valence-electron chi connectivity index (χ0n) is 8.96. The van der Waals surface area contributed by atoms with E-state index < -0.39 is 0 Å². The zero-order chi connectivity index (χ0) is 10.2. The Morgan fingerprint density at radius 2 is 2.21 bits per heavy atom. The first-order chi connectivity index (χ1) is 6.65. The van der Waals surface area contributed by atoms with E-state index in [0.717, 1.165) is 19.5 Å². The molecule has 0 bridgehead atoms. The summed E-state index contributed by atoms with van der Waals surface area (Å²) < 4.78 is 0. The van der Waals surface area contributed by atoms with E-state index in [2.05, 4.69) is 6.92 Å². The summed E-state index contributed by atoms with van der Waals surface area (Å²) in [6.45, 7) is 4.60. The first-order valence-electron chi connectivity index (χ1n) is 5.63. The van der Waals surface area contributed by atoms with Gasteiger partial charge < -0.3 is 10.6 Å². The Bertz CT molecular complexity index is 235. The van der Waals surface area contributed by atoms with Crippen molar-refractivity contribution < 1.29 is 4.79 Å². The minimum absolute atomic E-state index is 0.356. The van der Waals surface area contributed by atoms with Gasteiger partial charge in [-0.2, -0.15) is 0 Å². The minimum atomic E-state index is 0.356. The monoisotopic (exact) mass is 196 g/mol. The van der Waals surface area contributed by atoms with Crippen molar-refractivity contribution in [3.05, 3.63) is 0 Å². The molecule has 1 atom stereocenters. The van der Waals surface area contributed by atoms with Crippen LogP contribution in [0.4, 0.5) is 0 Å². The van der Waals surface area contributed by atoms with E-state index in [-0.39, 0.29) is 0 Å². The summed E-state index contributed by atoms with van der Waals surface area (Å²) in [7, 11) is 0. The molecule has 2 N–H and O–H groups in total. The molecule has 80 valence electrons. The Morgan fingerprint density at radius 3 is 2.71 bits per heavy atom. The predicted molar refractivity (Wildman–Crippen MR) is 55.7 cm³/mol. The lowest BCUT2D eigenvalue weighted by molar-refractivity contribution is -0.136. The SMILES string of the molecule is CC(CN)CN1CCC2(CC2)CC1=O. The highest BCUT2D eigenvalue weighted by Gasteiger charge is 2.47. The van der Waals surface area contributed by atoms with Crippen LogP contribution in [0.5, 0.6) is 0 Å². The molecule has 14 heavy (non-hydrogen) atoms. The van der Waals surface area contributed by atoms with Crippen molar-refractivity contribution in [2.75, 3.05) is 19.6 Å². The van der Waals surface area contributed by atoms with Crippen LogP contribution in [-0.4, -0.2) is 30.4 Å². The van der Waals surface area contributed by atoms with Gasteiger partial charge in [-0.3, -0.25) is 4.79 Å². The molecular formula is C11H20N2O. The molecule has 1 aliphatic heterocycles. The van der Waals surface area contributed by atoms with E-state index in [4.69, 9.17) is 5.73 Å². The summed E-state index contributed by atoms with van der Waals surface area (Å²) in [6, 6.07) is 0. The predicted octanol–water partition coefficient (Wildman–Crippen LogP) is 0.984. The average Bonchev–Trinajstić information content (AvgIpc) is 2.90. The second-order valence-electron chi connectivity index (χ2n) is 5.11. The molecule has 0 aromatic carbocycles. The van der Waals surface area contributed by atoms with Gasteiger partial charge in [0.05, 0.1) is 0 Å². The van der Waals surface area contributed by atoms with Crippen LogP contribution < -0.4 is 5.73 Å². The molecule has 2 fully saturated rings. The Balaban J connectivity index is 1.86. The van der Waals surface area contributed by atoms with E-state index in [1.807, 2.05) is 4.90 Å². The van der Waals surface area contributed by atoms with Crippen LogP contribution >= 0.6 is 0 Å². The zero-order valence-corrected chi connectivity index (χ0v) is 8.96. The molecule has 1 unspecified atom stereocenters. The maximum absolute atomic E-state index is 11.8. The summed E-state index contributed by atoms with van der Waals surface area (Å²) in [6.07, 6.45) is 4.57. The first kappa shape index (κ1) is 9.97. The van der Waals surface area contributed by atoms with Crippen LogP contribution in [-0.2, 0) is 4.79 Å². The molecule has 1 saturated carbocycles. The van der Waals surface area contributed by atoms with Gasteiger partial charge >= 0.3 is 0 Å². The van der Waals surface area contributed by atoms with Crippen molar-refractivity contribution in [2.45, 2.75) is 32.6 Å². The Labute approximate surface area is 85.6 Å². The number of hydrogen-bond acceptors (Lipinski definition) is 2. The number of likely N-dealkylation sites (tertiary alicyclic amines) is 1. The molecule has 3 heteroatoms. The fraction of sp³-hybridized carbons (Fsp3) is 0.909. The van der Waals surface area contributed by atoms with Crippen LogP contribution in [0.3, 0.4) is 0 Å². The van der Waals surface area contributed by atoms with Crippen molar-refractivity contribution in [1.29, 1.82) is 0 Å². The second-order valence-corrected chi connectivity index (χ2v) is 5.11. The summed E-state index contributed by atoms with van der Waals surface area (Å²) >= 11 is 0. The highest BCUT2D eigenvalue weighted by atomic mass is 16.2. The lowest BCUT2D eigenvalue weighted by Crippen LogP contribution is -2.42. The van der Waals surface area contributed by atoms with Crippen molar-refractivity contribution in [3.8, 4) is 0 Å². The number of piperidine rings is 1. The van der Waals surface area contributed by atoms with Crippen molar-refractivity contribution in [1.82, 2.24) is 4.90 Å². The molecule has 0 radical (unpaired) electrons. The molecule has 2 rings (SSSR count). The molecule has 0 aromatic rings. The number of carbonyl (C=O) groups excluding carboxylic acids is 1. The molecule has 3 nitrogen and oxygen atoms in total. The summed E-state index contributed by atoms with van der Waals surface area (Å²) in [5.41, 5.74) is 6.01. The number of amides is 1. The summed E-state index contributed by atoms with van der Waals surface area (Å²) in [4.78, 5) is 13.8. The highest BCUT2D eigenvalue weighted by Crippen LogP contribution is 2.53. The third-order valence-electron chi connectivity index (χ3n) is 3.68. The summed E-state index contributed by atoms with van der Waals surface area (Å²) in [5, 5.41) is 0. The van der Waals surface area contributed by atoms with Gasteiger partial charge in [-0.05, 0) is 37.1 Å². The third-order valence-corrected chi connectivity index (χ3v) is 3.68. The molecular weight excluding hydrogens is 176 g/mol. The average molecular weight is 196 g/mol. The van der Waals surface area contributed by atoms with Crippen LogP contribution in [0.15, 0.2) is 0 Å². The largest absolute Gasteiger partial charge is 0.342 e. The number of rotatable bonds is 3. The maximum atomic E-state index is 11.8. The molecule has 2 aliphatic rings. The molecule has 1 saturated heterocycles. The number of hydrogen-bond donors (Lipinski definition) is 1. The van der Waals surface area contributed by atoms with Crippen molar-refractivity contribution in [2.24, 2.45) is 17.1 Å². The normalized spacial score (nSPS) is 26.7. The Kier molecular flexibility index (Phi) is 2.52. The lowest BCUT2D eigenvalue weighted by atomic mass is 9.92. The van der Waals surface area contributed by atoms with E-state index in [9.17, 15) is 4.79 Å². The fourth-order valence-electron chi connectivity index (χ4n) is 2.27. The van der Waals surface area contributed by atoms with Crippen LogP contribution in [0.25, 0.3) is 0 Å². The van der Waals surface area contributed by atoms with Gasteiger partial charge in [0, 0.05) is 19.5 Å². The van der Waals surface area contributed by atoms with E-state index >= 15 is 0 Å². The van der Waals surface area contributed by atoms with Gasteiger partial charge in [-0.15, -0.1) is 0 Å². The van der Waals surface area contributed by atoms with Gasteiger partial charge in [-0.1, -0.05) is 6.92 Å². The molecule has 0 aromatic heterocycles. The fourth-order valence-corrected chi connectivity index (χ4v) is 2.27. The number of nitrogens with zero attached hydrogens (tertiary/aromatic N) is 1. The smallest absolute Gasteiger partial charge is 0.223 e. The first-order valence-corrected chi connectivity index (χ1v) is 5.63. The van der Waals surface area contributed by atoms with E-state index in [1.165, 1.54) is 19.3 Å². The Morgan fingerprint density at radius 1 is 1.50 bits per heavy atom. The number of nitrogens with two attached hydrogens (primary N) is 1. The van der Waals surface area contributed by atoms with Gasteiger partial charge in [-0.25, -0.2) is 0 Å². The van der Waals surface area contributed by atoms with Crippen molar-refractivity contribution in [3.63, 3.8) is 0 Å². The van der Waals surface area contributed by atoms with Crippen molar-refractivity contribution >= 4 is 5.91 Å². The van der Waals surface area contributed by atoms with Gasteiger partial charge in [0.15, 0.2) is 0 Å². The van der Waals surface area contributed by atoms with Gasteiger partial charge in [0.2, 0.25) is 5.91 Å². The highest BCUT2D eigenvalue weighted by molar-refractivity contribution is 5.78. The minimum Gasteiger partial charge on any atom is -0.342 e. The molecule has 1 spiro atoms. The van der Waals surface area contributed by atoms with Crippen LogP contribution in [0.2, 0.25) is 0 Å². The Hall–Kier alpha value is -0.570. The maximum Gasteiger partial charge on any atom is 0.223 e. The van der Waals surface area contributed by atoms with Crippen LogP contribution in [0.1, 0.15) is 32.6 Å². The van der Waals surface area contributed by atoms with Crippen LogP contribution in [0, 0.1) is 11.3 Å². The molecule has 1 amide bonds. The quantitative estimate of drug-likeness (QED) is 0.731. The topological polar surface area (TPSA) is 46.3 Å². The van der Waals surface area contributed by atoms with E-state index in [0.29, 0.717) is 23.8 Å². The lowest BCUT2D eigenvalue weighted by Gasteiger charge is -2.33. The van der Waals surface area contributed by atoms with Gasteiger partial charge in [0.1, 0.15) is 0 Å². The summed E-state index contributed by atoms with van der Waals surface area (Å²) in [5.74, 6) is 0.793.